The summed E-state index contributed by atoms with van der Waals surface area (Å²) in [7, 11) is -2.10. The summed E-state index contributed by atoms with van der Waals surface area (Å²) in [5, 5.41) is 5.22. The van der Waals surface area contributed by atoms with E-state index in [1.807, 2.05) is 53.9 Å². The number of pyridine rings is 1. The number of ether oxygens (including phenoxy) is 1. The molecule has 0 aliphatic heterocycles. The van der Waals surface area contributed by atoms with Crippen LogP contribution < -0.4 is 9.88 Å². The van der Waals surface area contributed by atoms with Crippen LogP contribution in [0.25, 0.3) is 28.2 Å². The van der Waals surface area contributed by atoms with Gasteiger partial charge in [0.25, 0.3) is 0 Å². The molecule has 28 heavy (non-hydrogen) atoms. The number of hydrogen-bond donors (Lipinski definition) is 1. The van der Waals surface area contributed by atoms with Gasteiger partial charge in [0.1, 0.15) is 11.4 Å². The first-order chi connectivity index (χ1) is 13.4. The molecule has 0 fully saturated rings. The summed E-state index contributed by atoms with van der Waals surface area (Å²) in [5.41, 5.74) is 5.28. The molecule has 4 aromatic rings. The van der Waals surface area contributed by atoms with Gasteiger partial charge >= 0.3 is 0 Å². The summed E-state index contributed by atoms with van der Waals surface area (Å²) in [6, 6.07) is 18.2. The third kappa shape index (κ3) is 3.15. The highest BCUT2D eigenvalue weighted by molar-refractivity contribution is 7.89. The molecule has 142 valence electrons. The third-order valence-corrected chi connectivity index (χ3v) is 5.58. The Morgan fingerprint density at radius 3 is 2.36 bits per heavy atom. The molecule has 7 heteroatoms. The average molecular weight is 393 g/mol. The molecule has 2 aromatic heterocycles. The van der Waals surface area contributed by atoms with Crippen LogP contribution in [0.3, 0.4) is 0 Å². The number of hydrogen-bond acceptors (Lipinski definition) is 4. The summed E-state index contributed by atoms with van der Waals surface area (Å²) in [5.74, 6) is 0.812. The van der Waals surface area contributed by atoms with E-state index in [1.54, 1.807) is 19.2 Å². The number of methoxy groups -OCH3 is 1. The third-order valence-electron chi connectivity index (χ3n) is 4.65. The number of rotatable bonds is 4. The Kier molecular flexibility index (Phi) is 4.41. The smallest absolute Gasteiger partial charge is 0.238 e. The Balaban J connectivity index is 1.95. The predicted octanol–water partition coefficient (Wildman–Crippen LogP) is 3.63. The Labute approximate surface area is 163 Å². The zero-order valence-corrected chi connectivity index (χ0v) is 16.3. The molecule has 0 aliphatic rings. The minimum atomic E-state index is -3.74. The summed E-state index contributed by atoms with van der Waals surface area (Å²) in [4.78, 5) is 4.88. The second-order valence-corrected chi connectivity index (χ2v) is 8.05. The molecule has 4 rings (SSSR count). The van der Waals surface area contributed by atoms with Crippen molar-refractivity contribution in [2.24, 2.45) is 5.14 Å². The van der Waals surface area contributed by atoms with Gasteiger partial charge in [-0.15, -0.1) is 0 Å². The van der Waals surface area contributed by atoms with Crippen LogP contribution in [-0.4, -0.2) is 24.9 Å². The molecule has 0 bridgehead atoms. The molecule has 6 nitrogen and oxygen atoms in total. The summed E-state index contributed by atoms with van der Waals surface area (Å²) < 4.78 is 30.5. The second-order valence-electron chi connectivity index (χ2n) is 6.49. The zero-order chi connectivity index (χ0) is 19.9. The highest BCUT2D eigenvalue weighted by atomic mass is 32.2. The van der Waals surface area contributed by atoms with Gasteiger partial charge in [-0.05, 0) is 55.0 Å². The fourth-order valence-electron chi connectivity index (χ4n) is 3.30. The largest absolute Gasteiger partial charge is 0.496 e. The number of nitrogens with two attached hydrogens (primary N) is 1. The van der Waals surface area contributed by atoms with Crippen LogP contribution >= 0.6 is 0 Å². The van der Waals surface area contributed by atoms with Crippen LogP contribution in [0.15, 0.2) is 71.8 Å². The molecule has 2 aromatic carbocycles. The lowest BCUT2D eigenvalue weighted by atomic mass is 10.0. The molecule has 0 unspecified atom stereocenters. The Morgan fingerprint density at radius 1 is 1.00 bits per heavy atom. The molecule has 0 atom stereocenters. The van der Waals surface area contributed by atoms with E-state index < -0.39 is 10.0 Å². The monoisotopic (exact) mass is 393 g/mol. The van der Waals surface area contributed by atoms with E-state index in [2.05, 4.69) is 0 Å². The standard InChI is InChI=1S/C21H19N3O3S/c1-14-13-16(8-11-18(14)27-2)20-21(24-12-4-3-5-19(24)23-20)15-6-9-17(10-7-15)28(22,25)26/h3-13H,1-2H3,(H2,22,25,26). The molecule has 2 N–H and O–H groups in total. The lowest BCUT2D eigenvalue weighted by Gasteiger charge is -2.09. The van der Waals surface area contributed by atoms with Crippen LogP contribution in [0.1, 0.15) is 5.56 Å². The summed E-state index contributed by atoms with van der Waals surface area (Å²) in [6.45, 7) is 1.98. The van der Waals surface area contributed by atoms with Gasteiger partial charge in [-0.1, -0.05) is 18.2 Å². The van der Waals surface area contributed by atoms with Crippen molar-refractivity contribution in [1.82, 2.24) is 9.38 Å². The number of imidazole rings is 1. The highest BCUT2D eigenvalue weighted by Gasteiger charge is 2.17. The topological polar surface area (TPSA) is 86.7 Å². The Hall–Kier alpha value is -3.16. The van der Waals surface area contributed by atoms with Crippen LogP contribution in [0.5, 0.6) is 5.75 Å². The first-order valence-electron chi connectivity index (χ1n) is 8.64. The molecule has 2 heterocycles. The van der Waals surface area contributed by atoms with Gasteiger partial charge in [0.15, 0.2) is 0 Å². The SMILES string of the molecule is COc1ccc(-c2nc3ccccn3c2-c2ccc(S(N)(=O)=O)cc2)cc1C. The van der Waals surface area contributed by atoms with Gasteiger partial charge in [-0.2, -0.15) is 0 Å². The maximum absolute atomic E-state index is 11.6. The number of sulfonamides is 1. The van der Waals surface area contributed by atoms with Crippen molar-refractivity contribution < 1.29 is 13.2 Å². The van der Waals surface area contributed by atoms with E-state index in [0.717, 1.165) is 39.5 Å². The molecule has 0 spiro atoms. The molecular formula is C21H19N3O3S. The first-order valence-corrected chi connectivity index (χ1v) is 10.2. The molecule has 0 saturated heterocycles. The van der Waals surface area contributed by atoms with Crippen molar-refractivity contribution in [3.8, 4) is 28.3 Å². The maximum atomic E-state index is 11.6. The van der Waals surface area contributed by atoms with Crippen LogP contribution in [0.2, 0.25) is 0 Å². The van der Waals surface area contributed by atoms with Crippen molar-refractivity contribution in [1.29, 1.82) is 0 Å². The van der Waals surface area contributed by atoms with Crippen LogP contribution in [0, 0.1) is 6.92 Å². The highest BCUT2D eigenvalue weighted by Crippen LogP contribution is 2.35. The first kappa shape index (κ1) is 18.2. The van der Waals surface area contributed by atoms with Crippen molar-refractivity contribution >= 4 is 15.7 Å². The van der Waals surface area contributed by atoms with Gasteiger partial charge in [0.2, 0.25) is 10.0 Å². The van der Waals surface area contributed by atoms with E-state index in [-0.39, 0.29) is 4.90 Å². The summed E-state index contributed by atoms with van der Waals surface area (Å²) in [6.07, 6.45) is 1.94. The zero-order valence-electron chi connectivity index (χ0n) is 15.5. The Morgan fingerprint density at radius 2 is 1.71 bits per heavy atom. The van der Waals surface area contributed by atoms with Gasteiger partial charge < -0.3 is 4.74 Å². The normalized spacial score (nSPS) is 11.7. The minimum absolute atomic E-state index is 0.0758. The van der Waals surface area contributed by atoms with E-state index in [1.165, 1.54) is 12.1 Å². The number of nitrogens with zero attached hydrogens (tertiary/aromatic N) is 2. The van der Waals surface area contributed by atoms with Gasteiger partial charge in [-0.25, -0.2) is 18.5 Å². The molecule has 0 aliphatic carbocycles. The van der Waals surface area contributed by atoms with Gasteiger partial charge in [0.05, 0.1) is 23.4 Å². The van der Waals surface area contributed by atoms with Crippen LogP contribution in [-0.2, 0) is 10.0 Å². The average Bonchev–Trinajstić information content (AvgIpc) is 3.07. The molecular weight excluding hydrogens is 374 g/mol. The van der Waals surface area contributed by atoms with Crippen molar-refractivity contribution in [2.75, 3.05) is 7.11 Å². The lowest BCUT2D eigenvalue weighted by molar-refractivity contribution is 0.412. The number of primary sulfonamides is 1. The molecule has 0 saturated carbocycles. The number of aromatic nitrogens is 2. The van der Waals surface area contributed by atoms with Crippen molar-refractivity contribution in [3.63, 3.8) is 0 Å². The van der Waals surface area contributed by atoms with E-state index in [9.17, 15) is 8.42 Å². The number of aryl methyl sites for hydroxylation is 1. The van der Waals surface area contributed by atoms with Crippen molar-refractivity contribution in [2.45, 2.75) is 11.8 Å². The van der Waals surface area contributed by atoms with Crippen molar-refractivity contribution in [3.05, 3.63) is 72.4 Å². The maximum Gasteiger partial charge on any atom is 0.238 e. The summed E-state index contributed by atoms with van der Waals surface area (Å²) >= 11 is 0. The molecule has 0 amide bonds. The van der Waals surface area contributed by atoms with Crippen LogP contribution in [0.4, 0.5) is 0 Å². The lowest BCUT2D eigenvalue weighted by Crippen LogP contribution is -2.11. The fraction of sp³-hybridized carbons (Fsp3) is 0.0952. The Bertz CT molecular complexity index is 1280. The fourth-order valence-corrected chi connectivity index (χ4v) is 3.82. The number of fused-ring (bicyclic) bond motifs is 1. The molecule has 0 radical (unpaired) electrons. The van der Waals surface area contributed by atoms with E-state index in [4.69, 9.17) is 14.9 Å². The van der Waals surface area contributed by atoms with Gasteiger partial charge in [0, 0.05) is 17.3 Å². The predicted molar refractivity (Wildman–Crippen MR) is 109 cm³/mol. The van der Waals surface area contributed by atoms with Gasteiger partial charge in [-0.3, -0.25) is 4.40 Å². The van der Waals surface area contributed by atoms with E-state index in [0.29, 0.717) is 0 Å². The minimum Gasteiger partial charge on any atom is -0.496 e. The number of benzene rings is 2. The quantitative estimate of drug-likeness (QED) is 0.574. The second kappa shape index (κ2) is 6.78. The van der Waals surface area contributed by atoms with E-state index >= 15 is 0 Å².